The van der Waals surface area contributed by atoms with Gasteiger partial charge >= 0.3 is 0 Å². The lowest BCUT2D eigenvalue weighted by molar-refractivity contribution is 0.329. The minimum atomic E-state index is 0.693. The van der Waals surface area contributed by atoms with Crippen LogP contribution in [0.1, 0.15) is 47.0 Å². The molecule has 72 valence electrons. The normalized spacial score (nSPS) is 38.5. The summed E-state index contributed by atoms with van der Waals surface area (Å²) in [5, 5.41) is 3.73. The summed E-state index contributed by atoms with van der Waals surface area (Å²) in [6.07, 6.45) is 4.07. The maximum atomic E-state index is 3.73. The van der Waals surface area contributed by atoms with Gasteiger partial charge < -0.3 is 5.32 Å². The van der Waals surface area contributed by atoms with Crippen molar-refractivity contribution in [2.24, 2.45) is 11.8 Å². The van der Waals surface area contributed by atoms with Crippen LogP contribution in [0.25, 0.3) is 0 Å². The molecule has 0 aliphatic heterocycles. The monoisotopic (exact) mass is 169 g/mol. The molecule has 0 aromatic heterocycles. The van der Waals surface area contributed by atoms with Gasteiger partial charge in [-0.15, -0.1) is 0 Å². The highest BCUT2D eigenvalue weighted by Gasteiger charge is 2.30. The quantitative estimate of drug-likeness (QED) is 0.685. The van der Waals surface area contributed by atoms with Gasteiger partial charge in [0.25, 0.3) is 0 Å². The summed E-state index contributed by atoms with van der Waals surface area (Å²) in [5.74, 6) is 1.77. The molecule has 0 spiro atoms. The van der Waals surface area contributed by atoms with Gasteiger partial charge in [0.15, 0.2) is 0 Å². The predicted molar refractivity (Wildman–Crippen MR) is 54.2 cm³/mol. The van der Waals surface area contributed by atoms with Crippen LogP contribution < -0.4 is 5.32 Å². The Kier molecular flexibility index (Phi) is 3.57. The van der Waals surface area contributed by atoms with Crippen LogP contribution in [-0.2, 0) is 0 Å². The molecule has 12 heavy (non-hydrogen) atoms. The summed E-state index contributed by atoms with van der Waals surface area (Å²) in [6, 6.07) is 1.47. The largest absolute Gasteiger partial charge is 0.311 e. The van der Waals surface area contributed by atoms with Gasteiger partial charge in [0, 0.05) is 12.1 Å². The third-order valence-corrected chi connectivity index (χ3v) is 3.39. The molecule has 0 heterocycles. The lowest BCUT2D eigenvalue weighted by Crippen LogP contribution is -2.41. The molecule has 1 aliphatic carbocycles. The smallest absolute Gasteiger partial charge is 0.0121 e. The number of hydrogen-bond donors (Lipinski definition) is 1. The summed E-state index contributed by atoms with van der Waals surface area (Å²) in [5.41, 5.74) is 0. The zero-order valence-corrected chi connectivity index (χ0v) is 8.93. The molecule has 0 saturated heterocycles. The molecular formula is C11H23N. The summed E-state index contributed by atoms with van der Waals surface area (Å²) < 4.78 is 0. The van der Waals surface area contributed by atoms with Crippen LogP contribution in [0.5, 0.6) is 0 Å². The molecule has 0 amide bonds. The minimum Gasteiger partial charge on any atom is -0.311 e. The molecule has 0 aromatic carbocycles. The van der Waals surface area contributed by atoms with Crippen molar-refractivity contribution in [3.05, 3.63) is 0 Å². The second kappa shape index (κ2) is 4.27. The Morgan fingerprint density at radius 3 is 2.17 bits per heavy atom. The van der Waals surface area contributed by atoms with E-state index in [4.69, 9.17) is 0 Å². The van der Waals surface area contributed by atoms with Gasteiger partial charge in [-0.1, -0.05) is 20.8 Å². The molecule has 1 fully saturated rings. The lowest BCUT2D eigenvalue weighted by Gasteiger charge is -2.25. The number of nitrogens with one attached hydrogen (secondary N) is 1. The molecule has 1 aliphatic rings. The topological polar surface area (TPSA) is 12.0 Å². The zero-order valence-electron chi connectivity index (χ0n) is 8.93. The first-order valence-electron chi connectivity index (χ1n) is 5.41. The molecule has 1 rings (SSSR count). The SMILES string of the molecule is CCC(C)NC1C(C)CCC1C. The van der Waals surface area contributed by atoms with E-state index in [9.17, 15) is 0 Å². The highest BCUT2D eigenvalue weighted by atomic mass is 15.0. The van der Waals surface area contributed by atoms with Gasteiger partial charge in [0.05, 0.1) is 0 Å². The van der Waals surface area contributed by atoms with Crippen molar-refractivity contribution in [1.29, 1.82) is 0 Å². The van der Waals surface area contributed by atoms with Crippen molar-refractivity contribution in [3.63, 3.8) is 0 Å². The van der Waals surface area contributed by atoms with Crippen LogP contribution in [0.2, 0.25) is 0 Å². The van der Waals surface area contributed by atoms with Crippen LogP contribution in [0.15, 0.2) is 0 Å². The third kappa shape index (κ3) is 2.22. The van der Waals surface area contributed by atoms with Crippen LogP contribution in [-0.4, -0.2) is 12.1 Å². The van der Waals surface area contributed by atoms with Gasteiger partial charge in [-0.25, -0.2) is 0 Å². The van der Waals surface area contributed by atoms with E-state index < -0.39 is 0 Å². The lowest BCUT2D eigenvalue weighted by atomic mass is 9.99. The Hall–Kier alpha value is -0.0400. The molecule has 3 atom stereocenters. The Balaban J connectivity index is 2.38. The summed E-state index contributed by atoms with van der Waals surface area (Å²) in [4.78, 5) is 0. The van der Waals surface area contributed by atoms with Gasteiger partial charge in [-0.3, -0.25) is 0 Å². The zero-order chi connectivity index (χ0) is 9.14. The van der Waals surface area contributed by atoms with E-state index in [1.165, 1.54) is 19.3 Å². The number of rotatable bonds is 3. The average Bonchev–Trinajstić information content (AvgIpc) is 2.35. The first kappa shape index (κ1) is 10.0. The van der Waals surface area contributed by atoms with Gasteiger partial charge in [-0.2, -0.15) is 0 Å². The van der Waals surface area contributed by atoms with E-state index in [0.29, 0.717) is 6.04 Å². The van der Waals surface area contributed by atoms with Crippen LogP contribution in [0.4, 0.5) is 0 Å². The fourth-order valence-electron chi connectivity index (χ4n) is 2.22. The summed E-state index contributed by atoms with van der Waals surface area (Å²) in [7, 11) is 0. The summed E-state index contributed by atoms with van der Waals surface area (Å²) >= 11 is 0. The van der Waals surface area contributed by atoms with Crippen molar-refractivity contribution in [2.75, 3.05) is 0 Å². The minimum absolute atomic E-state index is 0.693. The second-order valence-corrected chi connectivity index (χ2v) is 4.53. The Morgan fingerprint density at radius 1 is 1.25 bits per heavy atom. The van der Waals surface area contributed by atoms with E-state index in [1.807, 2.05) is 0 Å². The Bertz CT molecular complexity index is 123. The maximum absolute atomic E-state index is 3.73. The maximum Gasteiger partial charge on any atom is 0.0121 e. The Morgan fingerprint density at radius 2 is 1.75 bits per heavy atom. The first-order valence-corrected chi connectivity index (χ1v) is 5.41. The molecule has 1 saturated carbocycles. The molecule has 0 radical (unpaired) electrons. The fourth-order valence-corrected chi connectivity index (χ4v) is 2.22. The van der Waals surface area contributed by atoms with Crippen molar-refractivity contribution >= 4 is 0 Å². The molecule has 0 bridgehead atoms. The predicted octanol–water partition coefficient (Wildman–Crippen LogP) is 2.81. The van der Waals surface area contributed by atoms with Gasteiger partial charge in [-0.05, 0) is 38.0 Å². The highest BCUT2D eigenvalue weighted by Crippen LogP contribution is 2.30. The van der Waals surface area contributed by atoms with E-state index >= 15 is 0 Å². The molecule has 1 N–H and O–H groups in total. The molecule has 0 aromatic rings. The van der Waals surface area contributed by atoms with Crippen molar-refractivity contribution < 1.29 is 0 Å². The van der Waals surface area contributed by atoms with Gasteiger partial charge in [0.2, 0.25) is 0 Å². The molecule has 1 heteroatoms. The Labute approximate surface area is 76.9 Å². The molecule has 1 nitrogen and oxygen atoms in total. The second-order valence-electron chi connectivity index (χ2n) is 4.53. The van der Waals surface area contributed by atoms with Crippen LogP contribution >= 0.6 is 0 Å². The van der Waals surface area contributed by atoms with E-state index in [2.05, 4.69) is 33.0 Å². The van der Waals surface area contributed by atoms with Crippen LogP contribution in [0, 0.1) is 11.8 Å². The van der Waals surface area contributed by atoms with Gasteiger partial charge in [0.1, 0.15) is 0 Å². The third-order valence-electron chi connectivity index (χ3n) is 3.39. The van der Waals surface area contributed by atoms with E-state index in [-0.39, 0.29) is 0 Å². The summed E-state index contributed by atoms with van der Waals surface area (Å²) in [6.45, 7) is 9.30. The number of hydrogen-bond acceptors (Lipinski definition) is 1. The molecule has 3 unspecified atom stereocenters. The van der Waals surface area contributed by atoms with Crippen molar-refractivity contribution in [1.82, 2.24) is 5.32 Å². The van der Waals surface area contributed by atoms with Crippen molar-refractivity contribution in [3.8, 4) is 0 Å². The van der Waals surface area contributed by atoms with E-state index in [1.54, 1.807) is 0 Å². The van der Waals surface area contributed by atoms with E-state index in [0.717, 1.165) is 17.9 Å². The fraction of sp³-hybridized carbons (Fsp3) is 1.00. The first-order chi connectivity index (χ1) is 5.65. The van der Waals surface area contributed by atoms with Crippen LogP contribution in [0.3, 0.4) is 0 Å². The standard InChI is InChI=1S/C11H23N/c1-5-10(4)12-11-8(2)6-7-9(11)3/h8-12H,5-7H2,1-4H3. The molecular weight excluding hydrogens is 146 g/mol. The highest BCUT2D eigenvalue weighted by molar-refractivity contribution is 4.86. The van der Waals surface area contributed by atoms with Crippen molar-refractivity contribution in [2.45, 2.75) is 59.0 Å². The average molecular weight is 169 g/mol.